The molecule has 3 aromatic carbocycles. The van der Waals surface area contributed by atoms with Crippen molar-refractivity contribution in [1.29, 1.82) is 0 Å². The molecule has 5 heterocycles. The topological polar surface area (TPSA) is 30.7 Å². The second-order valence-electron chi connectivity index (χ2n) is 22.0. The Hall–Kier alpha value is -4.14. The molecule has 0 radical (unpaired) electrons. The summed E-state index contributed by atoms with van der Waals surface area (Å²) < 4.78 is 0. The van der Waals surface area contributed by atoms with E-state index in [4.69, 9.17) is 10.2 Å². The summed E-state index contributed by atoms with van der Waals surface area (Å²) in [6.45, 7) is 14.6. The van der Waals surface area contributed by atoms with Gasteiger partial charge in [-0.1, -0.05) is 193 Å². The highest BCUT2D eigenvalue weighted by molar-refractivity contribution is 7.25. The first-order chi connectivity index (χ1) is 36.3. The van der Waals surface area contributed by atoms with Crippen molar-refractivity contribution >= 4 is 56.4 Å². The maximum atomic E-state index is 5.30. The molecule has 0 amide bonds. The largest absolute Gasteiger partial charge is 0.183 e. The lowest BCUT2D eigenvalue weighted by Gasteiger charge is -2.33. The van der Waals surface area contributed by atoms with E-state index >= 15 is 0 Å². The zero-order chi connectivity index (χ0) is 51.3. The molecular weight excluding hydrogens is 975 g/mol. The molecule has 0 N–H and O–H groups in total. The minimum Gasteiger partial charge on any atom is -0.183 e. The molecule has 7 heteroatoms. The average Bonchev–Trinajstić information content (AvgIpc) is 4.30. The first kappa shape index (κ1) is 54.6. The Balaban J connectivity index is 0.990. The number of aryl methyl sites for hydroxylation is 2. The number of rotatable bonds is 31. The SMILES string of the molecule is CCCCCCCCC(CCCCCC)Cn1nc2c(C)ccc(-c3ccc(-c4ccc(-c5ccc6c(c5)C(CCCCCCC)(CCCCCCC)c5cc(-c7ccc(-c8ccc(C)s8)s7)ccc5-6)s4)s3)c2n1. The van der Waals surface area contributed by atoms with Crippen LogP contribution < -0.4 is 0 Å². The molecule has 5 aromatic heterocycles. The fourth-order valence-electron chi connectivity index (χ4n) is 12.0. The van der Waals surface area contributed by atoms with E-state index in [1.807, 2.05) is 45.3 Å². The average molecular weight is 1060 g/mol. The number of aromatic nitrogens is 3. The number of fused-ring (bicyclic) bond motifs is 4. The lowest BCUT2D eigenvalue weighted by Crippen LogP contribution is -2.25. The first-order valence-electron chi connectivity index (χ1n) is 29.3. The highest BCUT2D eigenvalue weighted by Gasteiger charge is 2.43. The Kier molecular flexibility index (Phi) is 19.8. The van der Waals surface area contributed by atoms with Crippen LogP contribution in [-0.2, 0) is 12.0 Å². The van der Waals surface area contributed by atoms with Gasteiger partial charge in [-0.15, -0.1) is 45.3 Å². The van der Waals surface area contributed by atoms with Crippen molar-refractivity contribution in [2.24, 2.45) is 5.92 Å². The minimum absolute atomic E-state index is 0.00740. The third-order valence-corrected chi connectivity index (χ3v) is 21.1. The number of hydrogen-bond acceptors (Lipinski definition) is 6. The predicted octanol–water partition coefficient (Wildman–Crippen LogP) is 23.0. The number of unbranched alkanes of at least 4 members (excludes halogenated alkanes) is 16. The van der Waals surface area contributed by atoms with Crippen molar-refractivity contribution in [1.82, 2.24) is 15.0 Å². The van der Waals surface area contributed by atoms with Crippen LogP contribution in [0.4, 0.5) is 0 Å². The molecule has 0 spiro atoms. The van der Waals surface area contributed by atoms with Gasteiger partial charge < -0.3 is 0 Å². The Labute approximate surface area is 462 Å². The van der Waals surface area contributed by atoms with Gasteiger partial charge in [0.1, 0.15) is 11.0 Å². The Bertz CT molecular complexity index is 2990. The third-order valence-electron chi connectivity index (χ3n) is 16.3. The molecule has 392 valence electrons. The molecule has 8 aromatic rings. The van der Waals surface area contributed by atoms with E-state index in [0.29, 0.717) is 5.92 Å². The van der Waals surface area contributed by atoms with Crippen molar-refractivity contribution < 1.29 is 0 Å². The van der Waals surface area contributed by atoms with Gasteiger partial charge in [-0.2, -0.15) is 15.0 Å². The van der Waals surface area contributed by atoms with Crippen molar-refractivity contribution in [2.45, 2.75) is 208 Å². The van der Waals surface area contributed by atoms with E-state index in [9.17, 15) is 0 Å². The molecule has 1 aliphatic rings. The molecule has 9 rings (SSSR count). The molecule has 1 unspecified atom stereocenters. The predicted molar refractivity (Wildman–Crippen MR) is 329 cm³/mol. The van der Waals surface area contributed by atoms with E-state index in [1.54, 1.807) is 11.1 Å². The maximum Gasteiger partial charge on any atom is 0.122 e. The molecule has 74 heavy (non-hydrogen) atoms. The van der Waals surface area contributed by atoms with Gasteiger partial charge in [0.25, 0.3) is 0 Å². The molecule has 1 atom stereocenters. The van der Waals surface area contributed by atoms with Crippen molar-refractivity contribution in [2.75, 3.05) is 0 Å². The van der Waals surface area contributed by atoms with Gasteiger partial charge in [-0.25, -0.2) is 0 Å². The summed E-state index contributed by atoms with van der Waals surface area (Å²) in [4.78, 5) is 12.9. The number of nitrogens with zero attached hydrogens (tertiary/aromatic N) is 3. The second kappa shape index (κ2) is 26.8. The van der Waals surface area contributed by atoms with Gasteiger partial charge in [-0.3, -0.25) is 0 Å². The van der Waals surface area contributed by atoms with Crippen LogP contribution in [-0.4, -0.2) is 15.0 Å². The molecule has 0 saturated carbocycles. The summed E-state index contributed by atoms with van der Waals surface area (Å²) >= 11 is 7.71. The van der Waals surface area contributed by atoms with Crippen LogP contribution in [0.3, 0.4) is 0 Å². The fourth-order valence-corrected chi connectivity index (χ4v) is 16.1. The van der Waals surface area contributed by atoms with Crippen LogP contribution in [0.5, 0.6) is 0 Å². The van der Waals surface area contributed by atoms with Gasteiger partial charge in [0.15, 0.2) is 0 Å². The summed E-state index contributed by atoms with van der Waals surface area (Å²) in [5, 5.41) is 10.5. The molecule has 3 nitrogen and oxygen atoms in total. The second-order valence-corrected chi connectivity index (χ2v) is 26.5. The van der Waals surface area contributed by atoms with E-state index in [1.165, 1.54) is 226 Å². The van der Waals surface area contributed by atoms with E-state index < -0.39 is 0 Å². The van der Waals surface area contributed by atoms with Crippen LogP contribution in [0, 0.1) is 19.8 Å². The van der Waals surface area contributed by atoms with Crippen LogP contribution in [0.2, 0.25) is 0 Å². The number of thiophene rings is 4. The lowest BCUT2D eigenvalue weighted by atomic mass is 9.70. The fraction of sp³-hybridized carbons (Fsp3) is 0.493. The smallest absolute Gasteiger partial charge is 0.122 e. The summed E-state index contributed by atoms with van der Waals surface area (Å²) in [5.41, 5.74) is 13.3. The highest BCUT2D eigenvalue weighted by Crippen LogP contribution is 2.56. The Morgan fingerprint density at radius 3 is 1.35 bits per heavy atom. The minimum atomic E-state index is 0.00740. The van der Waals surface area contributed by atoms with Crippen LogP contribution in [0.25, 0.3) is 73.0 Å². The van der Waals surface area contributed by atoms with Crippen molar-refractivity contribution in [3.63, 3.8) is 0 Å². The van der Waals surface area contributed by atoms with Crippen molar-refractivity contribution in [3.8, 4) is 62.0 Å². The monoisotopic (exact) mass is 1060 g/mol. The first-order valence-corrected chi connectivity index (χ1v) is 32.6. The highest BCUT2D eigenvalue weighted by atomic mass is 32.1. The number of benzene rings is 3. The standard InChI is InChI=1S/C67H85N3S4/c1-7-11-15-19-20-24-28-50(27-23-18-14-10-4)47-70-68-65-48(5)29-33-55(66(65)69-70)60-39-42-64(74-60)63-41-38-59(73-63)52-32-35-54-53-34-31-51(58-37-40-62(72-58)61-36-30-49(6)71-61)45-56(53)67(57(54)46-52,43-25-21-16-12-8-2)44-26-22-17-13-9-3/h29-42,45-46,50H,7-28,43-44,47H2,1-6H3. The van der Waals surface area contributed by atoms with Crippen LogP contribution >= 0.6 is 45.3 Å². The zero-order valence-electron chi connectivity index (χ0n) is 46.0. The van der Waals surface area contributed by atoms with Gasteiger partial charge in [-0.05, 0) is 145 Å². The molecule has 1 aliphatic carbocycles. The lowest BCUT2D eigenvalue weighted by molar-refractivity contribution is 0.327. The van der Waals surface area contributed by atoms with Crippen LogP contribution in [0.1, 0.15) is 203 Å². The van der Waals surface area contributed by atoms with Gasteiger partial charge in [0, 0.05) is 50.0 Å². The van der Waals surface area contributed by atoms with E-state index in [0.717, 1.165) is 17.6 Å². The molecule has 0 saturated heterocycles. The normalized spacial score (nSPS) is 13.3. The summed E-state index contributed by atoms with van der Waals surface area (Å²) in [6, 6.07) is 38.3. The maximum absolute atomic E-state index is 5.30. The molecular formula is C67H85N3S4. The van der Waals surface area contributed by atoms with Crippen molar-refractivity contribution in [3.05, 3.63) is 119 Å². The van der Waals surface area contributed by atoms with E-state index in [-0.39, 0.29) is 5.41 Å². The summed E-state index contributed by atoms with van der Waals surface area (Å²) in [7, 11) is 0. The van der Waals surface area contributed by atoms with Crippen LogP contribution in [0.15, 0.2) is 97.1 Å². The molecule has 0 aliphatic heterocycles. The quantitative estimate of drug-likeness (QED) is 0.0406. The molecule has 0 fully saturated rings. The number of hydrogen-bond donors (Lipinski definition) is 0. The Morgan fingerprint density at radius 2 is 0.824 bits per heavy atom. The van der Waals surface area contributed by atoms with Gasteiger partial charge in [0.2, 0.25) is 0 Å². The van der Waals surface area contributed by atoms with Gasteiger partial charge >= 0.3 is 0 Å². The van der Waals surface area contributed by atoms with E-state index in [2.05, 4.69) is 143 Å². The summed E-state index contributed by atoms with van der Waals surface area (Å²) in [6.07, 6.45) is 31.4. The summed E-state index contributed by atoms with van der Waals surface area (Å²) in [5.74, 6) is 0.632. The Morgan fingerprint density at radius 1 is 0.405 bits per heavy atom. The zero-order valence-corrected chi connectivity index (χ0v) is 49.2. The van der Waals surface area contributed by atoms with Gasteiger partial charge in [0.05, 0.1) is 6.54 Å². The molecule has 0 bridgehead atoms. The third kappa shape index (κ3) is 13.0.